The van der Waals surface area contributed by atoms with Crippen LogP contribution >= 0.6 is 0 Å². The van der Waals surface area contributed by atoms with Gasteiger partial charge in [-0.15, -0.1) is 0 Å². The molecule has 1 amide bonds. The maximum atomic E-state index is 10.8. The summed E-state index contributed by atoms with van der Waals surface area (Å²) in [6.07, 6.45) is 0. The van der Waals surface area contributed by atoms with E-state index in [0.717, 1.165) is 5.56 Å². The Morgan fingerprint density at radius 1 is 1.62 bits per heavy atom. The van der Waals surface area contributed by atoms with Gasteiger partial charge in [0.1, 0.15) is 0 Å². The first-order valence-electron chi connectivity index (χ1n) is 3.72. The molecule has 1 rings (SSSR count). The summed E-state index contributed by atoms with van der Waals surface area (Å²) in [6, 6.07) is 3.11. The summed E-state index contributed by atoms with van der Waals surface area (Å²) in [5.41, 5.74) is 9.27. The third kappa shape index (κ3) is 1.78. The molecule has 0 saturated heterocycles. The van der Waals surface area contributed by atoms with Gasteiger partial charge in [0.15, 0.2) is 0 Å². The van der Waals surface area contributed by atoms with Gasteiger partial charge in [0.2, 0.25) is 5.91 Å². The van der Waals surface area contributed by atoms with Crippen molar-refractivity contribution in [1.29, 1.82) is 0 Å². The lowest BCUT2D eigenvalue weighted by molar-refractivity contribution is 0.1000. The SMILES string of the molecule is [CH2]c1cc(C(N)=O)cc(C)c1NO. The standard InChI is InChI=1S/C9H11N2O2/c1-5-3-7(9(10)12)4-6(2)8(5)11-13/h3-4,11,13H,1H2,2H3,(H2,10,12). The zero-order valence-corrected chi connectivity index (χ0v) is 7.29. The zero-order chi connectivity index (χ0) is 10.0. The van der Waals surface area contributed by atoms with Crippen molar-refractivity contribution in [1.82, 2.24) is 0 Å². The van der Waals surface area contributed by atoms with E-state index in [1.54, 1.807) is 13.0 Å². The number of anilines is 1. The Morgan fingerprint density at radius 3 is 2.62 bits per heavy atom. The van der Waals surface area contributed by atoms with Crippen molar-refractivity contribution in [2.24, 2.45) is 5.73 Å². The molecule has 0 heterocycles. The van der Waals surface area contributed by atoms with Crippen LogP contribution in [-0.2, 0) is 0 Å². The van der Waals surface area contributed by atoms with Gasteiger partial charge in [-0.3, -0.25) is 15.5 Å². The Hall–Kier alpha value is -1.55. The molecule has 0 atom stereocenters. The third-order valence-electron chi connectivity index (χ3n) is 1.81. The lowest BCUT2D eigenvalue weighted by atomic mass is 10.0. The number of nitrogens with two attached hydrogens (primary N) is 1. The molecule has 1 radical (unpaired) electrons. The van der Waals surface area contributed by atoms with Gasteiger partial charge < -0.3 is 5.73 Å². The third-order valence-corrected chi connectivity index (χ3v) is 1.81. The Balaban J connectivity index is 3.28. The number of benzene rings is 1. The molecule has 0 fully saturated rings. The van der Waals surface area contributed by atoms with E-state index in [-0.39, 0.29) is 0 Å². The number of amides is 1. The second-order valence-corrected chi connectivity index (χ2v) is 2.80. The molecule has 0 saturated carbocycles. The first-order chi connectivity index (χ1) is 6.06. The largest absolute Gasteiger partial charge is 0.366 e. The molecule has 4 heteroatoms. The van der Waals surface area contributed by atoms with Crippen LogP contribution in [0.5, 0.6) is 0 Å². The van der Waals surface area contributed by atoms with E-state index in [0.29, 0.717) is 16.8 Å². The fraction of sp³-hybridized carbons (Fsp3) is 0.111. The van der Waals surface area contributed by atoms with Crippen LogP contribution in [0.4, 0.5) is 5.69 Å². The van der Waals surface area contributed by atoms with Gasteiger partial charge in [-0.05, 0) is 37.1 Å². The van der Waals surface area contributed by atoms with E-state index in [1.165, 1.54) is 6.07 Å². The minimum atomic E-state index is -0.502. The second kappa shape index (κ2) is 3.45. The van der Waals surface area contributed by atoms with Crippen molar-refractivity contribution >= 4 is 11.6 Å². The molecular weight excluding hydrogens is 168 g/mol. The normalized spacial score (nSPS) is 9.77. The van der Waals surface area contributed by atoms with Crippen LogP contribution in [0.3, 0.4) is 0 Å². The molecule has 0 aliphatic rings. The van der Waals surface area contributed by atoms with Crippen molar-refractivity contribution in [3.63, 3.8) is 0 Å². The van der Waals surface area contributed by atoms with E-state index >= 15 is 0 Å². The van der Waals surface area contributed by atoms with E-state index in [9.17, 15) is 4.79 Å². The van der Waals surface area contributed by atoms with Crippen LogP contribution in [0.1, 0.15) is 21.5 Å². The molecule has 4 nitrogen and oxygen atoms in total. The van der Waals surface area contributed by atoms with E-state index in [2.05, 4.69) is 6.92 Å². The van der Waals surface area contributed by atoms with Crippen LogP contribution in [0, 0.1) is 13.8 Å². The van der Waals surface area contributed by atoms with Crippen LogP contribution in [0.25, 0.3) is 0 Å². The maximum Gasteiger partial charge on any atom is 0.248 e. The predicted octanol–water partition coefficient (Wildman–Crippen LogP) is 1.08. The average molecular weight is 179 g/mol. The summed E-state index contributed by atoms with van der Waals surface area (Å²) in [7, 11) is 0. The number of hydrogen-bond acceptors (Lipinski definition) is 3. The quantitative estimate of drug-likeness (QED) is 0.594. The number of carbonyl (C=O) groups is 1. The van der Waals surface area contributed by atoms with Crippen molar-refractivity contribution in [2.75, 3.05) is 5.48 Å². The van der Waals surface area contributed by atoms with Gasteiger partial charge in [0.25, 0.3) is 0 Å². The molecular formula is C9H11N2O2. The van der Waals surface area contributed by atoms with Gasteiger partial charge in [0, 0.05) is 5.56 Å². The molecule has 1 aromatic carbocycles. The van der Waals surface area contributed by atoms with Crippen molar-refractivity contribution in [3.05, 3.63) is 35.7 Å². The van der Waals surface area contributed by atoms with E-state index in [4.69, 9.17) is 10.9 Å². The number of rotatable bonds is 2. The van der Waals surface area contributed by atoms with Crippen LogP contribution in [-0.4, -0.2) is 11.1 Å². The Labute approximate surface area is 76.3 Å². The molecule has 0 spiro atoms. The summed E-state index contributed by atoms with van der Waals surface area (Å²) in [5, 5.41) is 8.72. The smallest absolute Gasteiger partial charge is 0.248 e. The number of nitrogens with one attached hydrogen (secondary N) is 1. The molecule has 0 aliphatic heterocycles. The maximum absolute atomic E-state index is 10.8. The average Bonchev–Trinajstić information content (AvgIpc) is 2.03. The van der Waals surface area contributed by atoms with Crippen molar-refractivity contribution in [3.8, 4) is 0 Å². The summed E-state index contributed by atoms with van der Waals surface area (Å²) in [4.78, 5) is 10.8. The predicted molar refractivity (Wildman–Crippen MR) is 49.6 cm³/mol. The monoisotopic (exact) mass is 179 g/mol. The van der Waals surface area contributed by atoms with E-state index in [1.807, 2.05) is 5.48 Å². The van der Waals surface area contributed by atoms with Gasteiger partial charge in [0.05, 0.1) is 5.69 Å². The molecule has 4 N–H and O–H groups in total. The molecule has 0 aromatic heterocycles. The van der Waals surface area contributed by atoms with Crippen molar-refractivity contribution in [2.45, 2.75) is 6.92 Å². The van der Waals surface area contributed by atoms with Gasteiger partial charge in [-0.25, -0.2) is 0 Å². The highest BCUT2D eigenvalue weighted by Crippen LogP contribution is 2.20. The highest BCUT2D eigenvalue weighted by Gasteiger charge is 2.07. The summed E-state index contributed by atoms with van der Waals surface area (Å²) in [5.74, 6) is -0.502. The molecule has 0 aliphatic carbocycles. The summed E-state index contributed by atoms with van der Waals surface area (Å²) >= 11 is 0. The second-order valence-electron chi connectivity index (χ2n) is 2.80. The minimum Gasteiger partial charge on any atom is -0.366 e. The van der Waals surface area contributed by atoms with Crippen molar-refractivity contribution < 1.29 is 10.0 Å². The lowest BCUT2D eigenvalue weighted by Gasteiger charge is -2.08. The molecule has 1 aromatic rings. The first kappa shape index (κ1) is 9.54. The molecule has 69 valence electrons. The highest BCUT2D eigenvalue weighted by molar-refractivity contribution is 5.94. The number of primary amides is 1. The van der Waals surface area contributed by atoms with Crippen LogP contribution < -0.4 is 11.2 Å². The lowest BCUT2D eigenvalue weighted by Crippen LogP contribution is -2.12. The fourth-order valence-electron chi connectivity index (χ4n) is 1.16. The summed E-state index contributed by atoms with van der Waals surface area (Å²) < 4.78 is 0. The highest BCUT2D eigenvalue weighted by atomic mass is 16.5. The molecule has 13 heavy (non-hydrogen) atoms. The minimum absolute atomic E-state index is 0.390. The van der Waals surface area contributed by atoms with Crippen LogP contribution in [0.2, 0.25) is 0 Å². The topological polar surface area (TPSA) is 75.4 Å². The number of carbonyl (C=O) groups excluding carboxylic acids is 1. The van der Waals surface area contributed by atoms with Crippen LogP contribution in [0.15, 0.2) is 12.1 Å². The molecule has 0 unspecified atom stereocenters. The zero-order valence-electron chi connectivity index (χ0n) is 7.29. The molecule has 0 bridgehead atoms. The Kier molecular flexibility index (Phi) is 2.53. The Morgan fingerprint density at radius 2 is 2.23 bits per heavy atom. The Bertz CT molecular complexity index is 324. The number of aryl methyl sites for hydroxylation is 1. The van der Waals surface area contributed by atoms with Gasteiger partial charge in [-0.2, -0.15) is 0 Å². The fourth-order valence-corrected chi connectivity index (χ4v) is 1.16. The van der Waals surface area contributed by atoms with Gasteiger partial charge in [-0.1, -0.05) is 0 Å². The first-order valence-corrected chi connectivity index (χ1v) is 3.72. The van der Waals surface area contributed by atoms with E-state index < -0.39 is 5.91 Å². The summed E-state index contributed by atoms with van der Waals surface area (Å²) in [6.45, 7) is 5.41. The van der Waals surface area contributed by atoms with Gasteiger partial charge >= 0.3 is 0 Å². The number of hydrogen-bond donors (Lipinski definition) is 3.